The van der Waals surface area contributed by atoms with Gasteiger partial charge in [0.05, 0.1) is 12.2 Å². The summed E-state index contributed by atoms with van der Waals surface area (Å²) in [7, 11) is 2.19. The lowest BCUT2D eigenvalue weighted by molar-refractivity contribution is -0.122. The first-order valence-corrected chi connectivity index (χ1v) is 8.86. The van der Waals surface area contributed by atoms with E-state index in [0.717, 1.165) is 38.5 Å². The maximum absolute atomic E-state index is 12.0. The number of nitrogens with zero attached hydrogens (tertiary/aromatic N) is 2. The van der Waals surface area contributed by atoms with Crippen molar-refractivity contribution in [2.45, 2.75) is 51.7 Å². The molecule has 1 N–H and O–H groups in total. The Morgan fingerprint density at radius 3 is 2.64 bits per heavy atom. The summed E-state index contributed by atoms with van der Waals surface area (Å²) in [5.74, 6) is 0.941. The van der Waals surface area contributed by atoms with Crippen molar-refractivity contribution in [2.24, 2.45) is 5.92 Å². The molecule has 2 fully saturated rings. The van der Waals surface area contributed by atoms with Gasteiger partial charge in [0.25, 0.3) is 0 Å². The number of piperidine rings is 1. The molecule has 0 spiro atoms. The van der Waals surface area contributed by atoms with E-state index in [-0.39, 0.29) is 18.1 Å². The molecule has 2 heterocycles. The molecule has 0 bridgehead atoms. The molecule has 0 aliphatic carbocycles. The molecule has 128 valence electrons. The number of nitrogens with one attached hydrogen (secondary N) is 1. The highest BCUT2D eigenvalue weighted by Gasteiger charge is 2.22. The third kappa shape index (κ3) is 6.23. The highest BCUT2D eigenvalue weighted by atomic mass is 16.5. The van der Waals surface area contributed by atoms with E-state index in [9.17, 15) is 4.79 Å². The minimum atomic E-state index is 0.191. The standard InChI is InChI=1S/C17H33N3O2/c1-14-11-20(12-15(2)22-14)10-7-17(21)18-8-6-16-5-4-9-19(3)13-16/h14-16H,4-13H2,1-3H3,(H,18,21)/t14-,15+,16-/m1/s1. The van der Waals surface area contributed by atoms with Crippen LogP contribution in [0.5, 0.6) is 0 Å². The molecule has 2 aliphatic heterocycles. The van der Waals surface area contributed by atoms with Crippen LogP contribution >= 0.6 is 0 Å². The Morgan fingerprint density at radius 1 is 1.23 bits per heavy atom. The summed E-state index contributed by atoms with van der Waals surface area (Å²) in [6.07, 6.45) is 4.86. The van der Waals surface area contributed by atoms with Gasteiger partial charge in [0.2, 0.25) is 5.91 Å². The van der Waals surface area contributed by atoms with Crippen molar-refractivity contribution in [1.82, 2.24) is 15.1 Å². The molecule has 0 saturated carbocycles. The number of morpholine rings is 1. The number of hydrogen-bond donors (Lipinski definition) is 1. The number of carbonyl (C=O) groups is 1. The van der Waals surface area contributed by atoms with Crippen molar-refractivity contribution in [1.29, 1.82) is 0 Å². The third-order valence-electron chi connectivity index (χ3n) is 4.75. The van der Waals surface area contributed by atoms with E-state index in [1.165, 1.54) is 25.9 Å². The molecule has 0 aromatic rings. The topological polar surface area (TPSA) is 44.8 Å². The number of rotatable bonds is 6. The Hall–Kier alpha value is -0.650. The molecule has 2 aliphatic rings. The lowest BCUT2D eigenvalue weighted by Gasteiger charge is -2.35. The van der Waals surface area contributed by atoms with E-state index in [1.807, 2.05) is 0 Å². The Balaban J connectivity index is 1.56. The summed E-state index contributed by atoms with van der Waals surface area (Å²) < 4.78 is 5.72. The van der Waals surface area contributed by atoms with Crippen LogP contribution in [0.4, 0.5) is 0 Å². The van der Waals surface area contributed by atoms with Crippen molar-refractivity contribution in [3.63, 3.8) is 0 Å². The first-order valence-electron chi connectivity index (χ1n) is 8.86. The number of amides is 1. The Kier molecular flexibility index (Phi) is 7.12. The van der Waals surface area contributed by atoms with Gasteiger partial charge in [0.15, 0.2) is 0 Å². The quantitative estimate of drug-likeness (QED) is 0.804. The molecular weight excluding hydrogens is 278 g/mol. The smallest absolute Gasteiger partial charge is 0.221 e. The predicted molar refractivity (Wildman–Crippen MR) is 88.9 cm³/mol. The monoisotopic (exact) mass is 311 g/mol. The van der Waals surface area contributed by atoms with Crippen LogP contribution in [0.15, 0.2) is 0 Å². The molecular formula is C17H33N3O2. The molecule has 0 aromatic heterocycles. The second-order valence-electron chi connectivity index (χ2n) is 7.18. The summed E-state index contributed by atoms with van der Waals surface area (Å²) in [6, 6.07) is 0. The van der Waals surface area contributed by atoms with E-state index in [1.54, 1.807) is 0 Å². The van der Waals surface area contributed by atoms with Crippen molar-refractivity contribution >= 4 is 5.91 Å². The van der Waals surface area contributed by atoms with Gasteiger partial charge in [0, 0.05) is 39.1 Å². The van der Waals surface area contributed by atoms with Crippen molar-refractivity contribution in [3.05, 3.63) is 0 Å². The highest BCUT2D eigenvalue weighted by Crippen LogP contribution is 2.17. The normalized spacial score (nSPS) is 31.1. The predicted octanol–water partition coefficient (Wildman–Crippen LogP) is 1.33. The van der Waals surface area contributed by atoms with Gasteiger partial charge in [-0.15, -0.1) is 0 Å². The SMILES string of the molecule is C[C@@H]1CN(CCC(=O)NCC[C@H]2CCCN(C)C2)C[C@H](C)O1. The highest BCUT2D eigenvalue weighted by molar-refractivity contribution is 5.76. The first-order chi connectivity index (χ1) is 10.5. The maximum atomic E-state index is 12.0. The van der Waals surface area contributed by atoms with Crippen LogP contribution in [-0.4, -0.2) is 74.2 Å². The van der Waals surface area contributed by atoms with E-state index < -0.39 is 0 Å². The number of ether oxygens (including phenoxy) is 1. The molecule has 5 heteroatoms. The summed E-state index contributed by atoms with van der Waals surface area (Å²) in [4.78, 5) is 16.7. The minimum absolute atomic E-state index is 0.191. The Morgan fingerprint density at radius 2 is 1.95 bits per heavy atom. The zero-order valence-electron chi connectivity index (χ0n) is 14.5. The van der Waals surface area contributed by atoms with Crippen LogP contribution in [0, 0.1) is 5.92 Å². The van der Waals surface area contributed by atoms with Crippen LogP contribution in [0.3, 0.4) is 0 Å². The number of carbonyl (C=O) groups excluding carboxylic acids is 1. The van der Waals surface area contributed by atoms with Crippen LogP contribution in [-0.2, 0) is 9.53 Å². The van der Waals surface area contributed by atoms with Crippen LogP contribution in [0.1, 0.15) is 39.5 Å². The van der Waals surface area contributed by atoms with Crippen molar-refractivity contribution in [3.8, 4) is 0 Å². The van der Waals surface area contributed by atoms with Gasteiger partial charge in [-0.1, -0.05) is 0 Å². The summed E-state index contributed by atoms with van der Waals surface area (Å²) in [5, 5.41) is 3.09. The largest absolute Gasteiger partial charge is 0.373 e. The fourth-order valence-electron chi connectivity index (χ4n) is 3.74. The molecule has 0 aromatic carbocycles. The van der Waals surface area contributed by atoms with Crippen LogP contribution < -0.4 is 5.32 Å². The molecule has 3 atom stereocenters. The zero-order valence-corrected chi connectivity index (χ0v) is 14.5. The molecule has 2 rings (SSSR count). The molecule has 0 radical (unpaired) electrons. The molecule has 2 saturated heterocycles. The fraction of sp³-hybridized carbons (Fsp3) is 0.941. The summed E-state index contributed by atoms with van der Waals surface area (Å²) >= 11 is 0. The zero-order chi connectivity index (χ0) is 15.9. The molecule has 5 nitrogen and oxygen atoms in total. The lowest BCUT2D eigenvalue weighted by atomic mass is 9.95. The van der Waals surface area contributed by atoms with Crippen molar-refractivity contribution in [2.75, 3.05) is 46.3 Å². The molecule has 1 amide bonds. The van der Waals surface area contributed by atoms with Gasteiger partial charge in [-0.2, -0.15) is 0 Å². The number of hydrogen-bond acceptors (Lipinski definition) is 4. The Labute approximate surface area is 135 Å². The molecule has 22 heavy (non-hydrogen) atoms. The van der Waals surface area contributed by atoms with Gasteiger partial charge >= 0.3 is 0 Å². The van der Waals surface area contributed by atoms with Gasteiger partial charge in [0.1, 0.15) is 0 Å². The van der Waals surface area contributed by atoms with Gasteiger partial charge in [-0.05, 0) is 52.6 Å². The van der Waals surface area contributed by atoms with E-state index in [2.05, 4.69) is 36.0 Å². The third-order valence-corrected chi connectivity index (χ3v) is 4.75. The van der Waals surface area contributed by atoms with Crippen LogP contribution in [0.2, 0.25) is 0 Å². The second kappa shape index (κ2) is 8.85. The fourth-order valence-corrected chi connectivity index (χ4v) is 3.74. The second-order valence-corrected chi connectivity index (χ2v) is 7.18. The summed E-state index contributed by atoms with van der Waals surface area (Å²) in [6.45, 7) is 10.1. The maximum Gasteiger partial charge on any atom is 0.221 e. The van der Waals surface area contributed by atoms with Crippen molar-refractivity contribution < 1.29 is 9.53 Å². The Bertz CT molecular complexity index is 341. The number of likely N-dealkylation sites (tertiary alicyclic amines) is 1. The average molecular weight is 311 g/mol. The summed E-state index contributed by atoms with van der Waals surface area (Å²) in [5.41, 5.74) is 0. The van der Waals surface area contributed by atoms with Gasteiger partial charge < -0.3 is 15.0 Å². The van der Waals surface area contributed by atoms with Gasteiger partial charge in [-0.3, -0.25) is 9.69 Å². The first kappa shape index (κ1) is 17.7. The van der Waals surface area contributed by atoms with E-state index in [4.69, 9.17) is 4.74 Å². The van der Waals surface area contributed by atoms with Gasteiger partial charge in [-0.25, -0.2) is 0 Å². The molecule has 0 unspecified atom stereocenters. The van der Waals surface area contributed by atoms with Crippen LogP contribution in [0.25, 0.3) is 0 Å². The van der Waals surface area contributed by atoms with E-state index >= 15 is 0 Å². The average Bonchev–Trinajstić information content (AvgIpc) is 2.44. The van der Waals surface area contributed by atoms with E-state index in [0.29, 0.717) is 6.42 Å². The minimum Gasteiger partial charge on any atom is -0.373 e. The lowest BCUT2D eigenvalue weighted by Crippen LogP contribution is -2.46.